The molecule has 0 saturated carbocycles. The molecule has 5 heteroatoms. The Labute approximate surface area is 131 Å². The molecule has 0 aromatic heterocycles. The van der Waals surface area contributed by atoms with Crippen LogP contribution in [0.1, 0.15) is 11.1 Å². The fourth-order valence-corrected chi connectivity index (χ4v) is 2.10. The van der Waals surface area contributed by atoms with Crippen LogP contribution in [0, 0.1) is 0 Å². The SMILES string of the molecule is O=C(O)/C(=C\c1ccc(Cl)c(Cl)c1)c1ccc(Cl)cc1. The highest BCUT2D eigenvalue weighted by molar-refractivity contribution is 6.42. The Bertz CT molecular complexity index is 676. The third kappa shape index (κ3) is 3.54. The molecule has 0 radical (unpaired) electrons. The van der Waals surface area contributed by atoms with E-state index in [2.05, 4.69) is 0 Å². The van der Waals surface area contributed by atoms with Gasteiger partial charge in [0.25, 0.3) is 0 Å². The van der Waals surface area contributed by atoms with E-state index in [1.807, 2.05) is 0 Å². The molecule has 2 nitrogen and oxygen atoms in total. The molecule has 102 valence electrons. The summed E-state index contributed by atoms with van der Waals surface area (Å²) in [5, 5.41) is 10.7. The molecular weight excluding hydrogens is 319 g/mol. The number of benzene rings is 2. The van der Waals surface area contributed by atoms with Gasteiger partial charge in [-0.05, 0) is 41.5 Å². The quantitative estimate of drug-likeness (QED) is 0.616. The molecule has 1 N–H and O–H groups in total. The Morgan fingerprint density at radius 2 is 1.60 bits per heavy atom. The second kappa shape index (κ2) is 6.31. The van der Waals surface area contributed by atoms with E-state index in [1.165, 1.54) is 6.08 Å². The first kappa shape index (κ1) is 14.9. The van der Waals surface area contributed by atoms with Gasteiger partial charge in [0.15, 0.2) is 0 Å². The highest BCUT2D eigenvalue weighted by Crippen LogP contribution is 2.26. The van der Waals surface area contributed by atoms with E-state index < -0.39 is 5.97 Å². The number of halogens is 3. The molecule has 0 amide bonds. The number of hydrogen-bond acceptors (Lipinski definition) is 1. The van der Waals surface area contributed by atoms with E-state index >= 15 is 0 Å². The number of aliphatic carboxylic acids is 1. The highest BCUT2D eigenvalue weighted by atomic mass is 35.5. The fraction of sp³-hybridized carbons (Fsp3) is 0. The Morgan fingerprint density at radius 1 is 0.950 bits per heavy atom. The van der Waals surface area contributed by atoms with Gasteiger partial charge in [-0.15, -0.1) is 0 Å². The summed E-state index contributed by atoms with van der Waals surface area (Å²) in [4.78, 5) is 11.4. The third-order valence-corrected chi connectivity index (χ3v) is 3.63. The van der Waals surface area contributed by atoms with Crippen molar-refractivity contribution in [2.45, 2.75) is 0 Å². The molecule has 0 saturated heterocycles. The van der Waals surface area contributed by atoms with Gasteiger partial charge in [-0.3, -0.25) is 0 Å². The third-order valence-electron chi connectivity index (χ3n) is 2.64. The van der Waals surface area contributed by atoms with E-state index in [4.69, 9.17) is 34.8 Å². The Morgan fingerprint density at radius 3 is 2.15 bits per heavy atom. The van der Waals surface area contributed by atoms with Crippen LogP contribution in [0.4, 0.5) is 0 Å². The number of carbonyl (C=O) groups is 1. The Balaban J connectivity index is 2.47. The monoisotopic (exact) mass is 326 g/mol. The topological polar surface area (TPSA) is 37.3 Å². The van der Waals surface area contributed by atoms with Gasteiger partial charge in [-0.25, -0.2) is 4.79 Å². The van der Waals surface area contributed by atoms with E-state index in [0.717, 1.165) is 0 Å². The predicted octanol–water partition coefficient (Wildman–Crippen LogP) is 5.27. The van der Waals surface area contributed by atoms with Gasteiger partial charge in [0.1, 0.15) is 0 Å². The number of hydrogen-bond donors (Lipinski definition) is 1. The molecule has 2 aromatic carbocycles. The maximum absolute atomic E-state index is 11.4. The number of carboxylic acid groups (broad SMARTS) is 1. The van der Waals surface area contributed by atoms with Crippen molar-refractivity contribution in [3.8, 4) is 0 Å². The second-order valence-electron chi connectivity index (χ2n) is 4.04. The van der Waals surface area contributed by atoms with E-state index in [9.17, 15) is 9.90 Å². The lowest BCUT2D eigenvalue weighted by Gasteiger charge is -2.04. The lowest BCUT2D eigenvalue weighted by molar-refractivity contribution is -0.130. The maximum atomic E-state index is 11.4. The Hall–Kier alpha value is -1.48. The molecule has 0 heterocycles. The molecule has 0 atom stereocenters. The maximum Gasteiger partial charge on any atom is 0.336 e. The average molecular weight is 328 g/mol. The first-order valence-corrected chi connectivity index (χ1v) is 6.77. The summed E-state index contributed by atoms with van der Waals surface area (Å²) >= 11 is 17.5. The molecule has 0 aliphatic heterocycles. The van der Waals surface area contributed by atoms with Crippen molar-refractivity contribution in [3.05, 3.63) is 68.7 Å². The normalized spacial score (nSPS) is 11.4. The van der Waals surface area contributed by atoms with Gasteiger partial charge < -0.3 is 5.11 Å². The average Bonchev–Trinajstić information content (AvgIpc) is 2.41. The van der Waals surface area contributed by atoms with Crippen LogP contribution in [0.25, 0.3) is 11.6 Å². The highest BCUT2D eigenvalue weighted by Gasteiger charge is 2.10. The zero-order valence-corrected chi connectivity index (χ0v) is 12.4. The van der Waals surface area contributed by atoms with E-state index in [-0.39, 0.29) is 5.57 Å². The molecule has 0 aliphatic rings. The van der Waals surface area contributed by atoms with Crippen LogP contribution in [0.5, 0.6) is 0 Å². The number of rotatable bonds is 3. The van der Waals surface area contributed by atoms with Crippen molar-refractivity contribution < 1.29 is 9.90 Å². The van der Waals surface area contributed by atoms with Crippen molar-refractivity contribution in [1.29, 1.82) is 0 Å². The standard InChI is InChI=1S/C15H9Cl3O2/c16-11-4-2-10(3-5-11)12(15(19)20)7-9-1-6-13(17)14(18)8-9/h1-8H,(H,19,20)/b12-7-. The van der Waals surface area contributed by atoms with Gasteiger partial charge in [0.05, 0.1) is 15.6 Å². The zero-order chi connectivity index (χ0) is 14.7. The van der Waals surface area contributed by atoms with Gasteiger partial charge in [-0.1, -0.05) is 53.0 Å². The predicted molar refractivity (Wildman–Crippen MR) is 83.4 cm³/mol. The summed E-state index contributed by atoms with van der Waals surface area (Å²) in [6.45, 7) is 0. The number of carboxylic acids is 1. The summed E-state index contributed by atoms with van der Waals surface area (Å²) in [7, 11) is 0. The molecule has 0 fully saturated rings. The largest absolute Gasteiger partial charge is 0.478 e. The summed E-state index contributed by atoms with van der Waals surface area (Å²) in [6.07, 6.45) is 1.54. The lowest BCUT2D eigenvalue weighted by atomic mass is 10.0. The minimum atomic E-state index is -1.03. The zero-order valence-electron chi connectivity index (χ0n) is 10.1. The molecular formula is C15H9Cl3O2. The first-order valence-electron chi connectivity index (χ1n) is 5.63. The van der Waals surface area contributed by atoms with Crippen LogP contribution in [0.2, 0.25) is 15.1 Å². The van der Waals surface area contributed by atoms with Crippen molar-refractivity contribution in [3.63, 3.8) is 0 Å². The summed E-state index contributed by atoms with van der Waals surface area (Å²) in [5.41, 5.74) is 1.37. The molecule has 0 bridgehead atoms. The molecule has 2 rings (SSSR count). The van der Waals surface area contributed by atoms with E-state index in [0.29, 0.717) is 26.2 Å². The molecule has 0 unspecified atom stereocenters. The van der Waals surface area contributed by atoms with Gasteiger partial charge in [0, 0.05) is 5.02 Å². The minimum absolute atomic E-state index is 0.153. The smallest absolute Gasteiger partial charge is 0.336 e. The van der Waals surface area contributed by atoms with Crippen molar-refractivity contribution in [2.75, 3.05) is 0 Å². The summed E-state index contributed by atoms with van der Waals surface area (Å²) < 4.78 is 0. The van der Waals surface area contributed by atoms with E-state index in [1.54, 1.807) is 42.5 Å². The molecule has 0 aliphatic carbocycles. The van der Waals surface area contributed by atoms with Crippen LogP contribution < -0.4 is 0 Å². The van der Waals surface area contributed by atoms with Gasteiger partial charge >= 0.3 is 5.97 Å². The lowest BCUT2D eigenvalue weighted by Crippen LogP contribution is -1.99. The summed E-state index contributed by atoms with van der Waals surface area (Å²) in [6, 6.07) is 11.5. The van der Waals surface area contributed by atoms with Crippen LogP contribution >= 0.6 is 34.8 Å². The van der Waals surface area contributed by atoms with Crippen molar-refractivity contribution in [2.24, 2.45) is 0 Å². The van der Waals surface area contributed by atoms with Crippen molar-refractivity contribution >= 4 is 52.4 Å². The van der Waals surface area contributed by atoms with Crippen LogP contribution in [0.3, 0.4) is 0 Å². The minimum Gasteiger partial charge on any atom is -0.478 e. The molecule has 20 heavy (non-hydrogen) atoms. The Kier molecular flexibility index (Phi) is 4.71. The second-order valence-corrected chi connectivity index (χ2v) is 5.29. The van der Waals surface area contributed by atoms with Crippen LogP contribution in [-0.4, -0.2) is 11.1 Å². The molecule has 0 spiro atoms. The van der Waals surface area contributed by atoms with Crippen molar-refractivity contribution in [1.82, 2.24) is 0 Å². The van der Waals surface area contributed by atoms with Gasteiger partial charge in [-0.2, -0.15) is 0 Å². The van der Waals surface area contributed by atoms with Crippen LogP contribution in [0.15, 0.2) is 42.5 Å². The van der Waals surface area contributed by atoms with Crippen LogP contribution in [-0.2, 0) is 4.79 Å². The first-order chi connectivity index (χ1) is 9.47. The summed E-state index contributed by atoms with van der Waals surface area (Å²) in [5.74, 6) is -1.03. The van der Waals surface area contributed by atoms with Gasteiger partial charge in [0.2, 0.25) is 0 Å². The molecule has 2 aromatic rings. The fourth-order valence-electron chi connectivity index (χ4n) is 1.67.